The van der Waals surface area contributed by atoms with Gasteiger partial charge in [0.05, 0.1) is 16.4 Å². The lowest BCUT2D eigenvalue weighted by molar-refractivity contribution is -0.140. The number of rotatable bonds is 4. The van der Waals surface area contributed by atoms with Gasteiger partial charge in [-0.25, -0.2) is 17.2 Å². The van der Waals surface area contributed by atoms with Crippen molar-refractivity contribution in [3.8, 4) is 0 Å². The van der Waals surface area contributed by atoms with E-state index in [1.54, 1.807) is 0 Å². The standard InChI is InChI=1S/C19H17F5N2O3S/c20-13-3-6-15(7-4-13)30(28,29)26-9-1-2-12(11-26)18(27)25-14-5-8-17(21)16(10-14)19(22,23)24/h3-8,10,12H,1-2,9,11H2,(H,25,27)/t12-/m0/s1. The summed E-state index contributed by atoms with van der Waals surface area (Å²) in [4.78, 5) is 12.4. The van der Waals surface area contributed by atoms with Crippen LogP contribution in [0.25, 0.3) is 0 Å². The van der Waals surface area contributed by atoms with Crippen molar-refractivity contribution in [1.29, 1.82) is 0 Å². The van der Waals surface area contributed by atoms with E-state index in [-0.39, 0.29) is 23.7 Å². The number of anilines is 1. The Morgan fingerprint density at radius 1 is 1.07 bits per heavy atom. The number of nitrogens with zero attached hydrogens (tertiary/aromatic N) is 1. The first-order chi connectivity index (χ1) is 14.0. The van der Waals surface area contributed by atoms with E-state index in [1.165, 1.54) is 0 Å². The molecule has 1 amide bonds. The predicted molar refractivity (Wildman–Crippen MR) is 97.9 cm³/mol. The quantitative estimate of drug-likeness (QED) is 0.719. The third-order valence-corrected chi connectivity index (χ3v) is 6.62. The van der Waals surface area contributed by atoms with Crippen molar-refractivity contribution in [2.24, 2.45) is 5.92 Å². The molecule has 0 aromatic heterocycles. The molecule has 1 N–H and O–H groups in total. The molecular weight excluding hydrogens is 431 g/mol. The number of carbonyl (C=O) groups is 1. The minimum atomic E-state index is -4.92. The van der Waals surface area contributed by atoms with E-state index in [0.717, 1.165) is 34.6 Å². The molecule has 1 aliphatic heterocycles. The van der Waals surface area contributed by atoms with Crippen molar-refractivity contribution in [2.75, 3.05) is 18.4 Å². The highest BCUT2D eigenvalue weighted by Crippen LogP contribution is 2.33. The fourth-order valence-electron chi connectivity index (χ4n) is 3.19. The molecular formula is C19H17F5N2O3S. The van der Waals surface area contributed by atoms with Crippen LogP contribution in [0.3, 0.4) is 0 Å². The van der Waals surface area contributed by atoms with Crippen LogP contribution in [0.5, 0.6) is 0 Å². The second-order valence-corrected chi connectivity index (χ2v) is 8.78. The number of hydrogen-bond donors (Lipinski definition) is 1. The molecule has 30 heavy (non-hydrogen) atoms. The van der Waals surface area contributed by atoms with Gasteiger partial charge in [0.25, 0.3) is 0 Å². The summed E-state index contributed by atoms with van der Waals surface area (Å²) in [5.41, 5.74) is -1.75. The Bertz CT molecular complexity index is 1040. The van der Waals surface area contributed by atoms with Crippen LogP contribution in [0.1, 0.15) is 18.4 Å². The van der Waals surface area contributed by atoms with E-state index in [9.17, 15) is 35.2 Å². The van der Waals surface area contributed by atoms with Gasteiger partial charge in [0.2, 0.25) is 15.9 Å². The van der Waals surface area contributed by atoms with Crippen LogP contribution in [0.4, 0.5) is 27.6 Å². The maximum absolute atomic E-state index is 13.4. The minimum absolute atomic E-state index is 0.127. The van der Waals surface area contributed by atoms with Gasteiger partial charge in [-0.3, -0.25) is 4.79 Å². The monoisotopic (exact) mass is 448 g/mol. The number of benzene rings is 2. The molecule has 0 unspecified atom stereocenters. The molecule has 5 nitrogen and oxygen atoms in total. The lowest BCUT2D eigenvalue weighted by atomic mass is 9.98. The van der Waals surface area contributed by atoms with E-state index < -0.39 is 45.2 Å². The van der Waals surface area contributed by atoms with Crippen molar-refractivity contribution >= 4 is 21.6 Å². The molecule has 2 aromatic rings. The molecule has 0 aliphatic carbocycles. The lowest BCUT2D eigenvalue weighted by Gasteiger charge is -2.31. The van der Waals surface area contributed by atoms with Crippen LogP contribution in [0.2, 0.25) is 0 Å². The Balaban J connectivity index is 1.74. The third-order valence-electron chi connectivity index (χ3n) is 4.75. The molecule has 3 rings (SSSR count). The number of alkyl halides is 3. The summed E-state index contributed by atoms with van der Waals surface area (Å²) < 4.78 is 91.5. The van der Waals surface area contributed by atoms with E-state index in [2.05, 4.69) is 5.32 Å². The second-order valence-electron chi connectivity index (χ2n) is 6.84. The van der Waals surface area contributed by atoms with Crippen LogP contribution >= 0.6 is 0 Å². The molecule has 1 aliphatic rings. The van der Waals surface area contributed by atoms with Crippen molar-refractivity contribution in [3.63, 3.8) is 0 Å². The van der Waals surface area contributed by atoms with Crippen LogP contribution in [0, 0.1) is 17.6 Å². The van der Waals surface area contributed by atoms with Gasteiger partial charge < -0.3 is 5.32 Å². The minimum Gasteiger partial charge on any atom is -0.326 e. The van der Waals surface area contributed by atoms with E-state index in [0.29, 0.717) is 25.0 Å². The highest BCUT2D eigenvalue weighted by atomic mass is 32.2. The van der Waals surface area contributed by atoms with Gasteiger partial charge in [-0.05, 0) is 55.3 Å². The molecule has 2 aromatic carbocycles. The Morgan fingerprint density at radius 3 is 2.37 bits per heavy atom. The first kappa shape index (κ1) is 22.2. The number of carbonyl (C=O) groups excluding carboxylic acids is 1. The smallest absolute Gasteiger partial charge is 0.326 e. The number of hydrogen-bond acceptors (Lipinski definition) is 3. The molecule has 0 bridgehead atoms. The molecule has 1 heterocycles. The van der Waals surface area contributed by atoms with Crippen molar-refractivity contribution < 1.29 is 35.2 Å². The summed E-state index contributed by atoms with van der Waals surface area (Å²) in [5, 5.41) is 2.29. The van der Waals surface area contributed by atoms with Gasteiger partial charge in [-0.2, -0.15) is 17.5 Å². The number of halogens is 5. The number of sulfonamides is 1. The van der Waals surface area contributed by atoms with Crippen molar-refractivity contribution in [1.82, 2.24) is 4.31 Å². The molecule has 11 heteroatoms. The average Bonchev–Trinajstić information content (AvgIpc) is 2.69. The van der Waals surface area contributed by atoms with E-state index in [1.807, 2.05) is 0 Å². The van der Waals surface area contributed by atoms with Gasteiger partial charge in [0.1, 0.15) is 11.6 Å². The highest BCUT2D eigenvalue weighted by Gasteiger charge is 2.36. The van der Waals surface area contributed by atoms with Gasteiger partial charge in [0, 0.05) is 18.8 Å². The maximum Gasteiger partial charge on any atom is 0.419 e. The summed E-state index contributed by atoms with van der Waals surface area (Å²) >= 11 is 0. The van der Waals surface area contributed by atoms with Crippen molar-refractivity contribution in [2.45, 2.75) is 23.9 Å². The maximum atomic E-state index is 13.4. The molecule has 0 spiro atoms. The first-order valence-electron chi connectivity index (χ1n) is 8.92. The van der Waals surface area contributed by atoms with E-state index >= 15 is 0 Å². The average molecular weight is 448 g/mol. The SMILES string of the molecule is O=C(Nc1ccc(F)c(C(F)(F)F)c1)[C@H]1CCCN(S(=O)(=O)c2ccc(F)cc2)C1. The largest absolute Gasteiger partial charge is 0.419 e. The number of amides is 1. The summed E-state index contributed by atoms with van der Waals surface area (Å²) in [7, 11) is -3.96. The second kappa shape index (κ2) is 8.31. The first-order valence-corrected chi connectivity index (χ1v) is 10.4. The van der Waals surface area contributed by atoms with Crippen LogP contribution < -0.4 is 5.32 Å². The Hall–Kier alpha value is -2.53. The molecule has 1 saturated heterocycles. The third kappa shape index (κ3) is 4.78. The van der Waals surface area contributed by atoms with E-state index in [4.69, 9.17) is 0 Å². The molecule has 0 saturated carbocycles. The predicted octanol–water partition coefficient (Wildman–Crippen LogP) is 4.02. The Kier molecular flexibility index (Phi) is 6.14. The van der Waals surface area contributed by atoms with Crippen LogP contribution in [-0.2, 0) is 21.0 Å². The van der Waals surface area contributed by atoms with Gasteiger partial charge in [-0.1, -0.05) is 0 Å². The Morgan fingerprint density at radius 2 is 1.73 bits per heavy atom. The zero-order valence-electron chi connectivity index (χ0n) is 15.4. The van der Waals surface area contributed by atoms with Gasteiger partial charge in [0.15, 0.2) is 0 Å². The number of piperidine rings is 1. The van der Waals surface area contributed by atoms with Gasteiger partial charge >= 0.3 is 6.18 Å². The zero-order chi connectivity index (χ0) is 22.1. The summed E-state index contributed by atoms with van der Waals surface area (Å²) in [6, 6.07) is 6.34. The van der Waals surface area contributed by atoms with Crippen LogP contribution in [-0.4, -0.2) is 31.7 Å². The molecule has 162 valence electrons. The normalized spacial score (nSPS) is 18.2. The fourth-order valence-corrected chi connectivity index (χ4v) is 4.72. The van der Waals surface area contributed by atoms with Gasteiger partial charge in [-0.15, -0.1) is 0 Å². The molecule has 1 fully saturated rings. The summed E-state index contributed by atoms with van der Waals surface area (Å²) in [6.45, 7) is -0.0306. The summed E-state index contributed by atoms with van der Waals surface area (Å²) in [5.74, 6) is -3.54. The lowest BCUT2D eigenvalue weighted by Crippen LogP contribution is -2.43. The summed E-state index contributed by atoms with van der Waals surface area (Å²) in [6.07, 6.45) is -4.24. The van der Waals surface area contributed by atoms with Crippen LogP contribution in [0.15, 0.2) is 47.4 Å². The molecule has 1 atom stereocenters. The fraction of sp³-hybridized carbons (Fsp3) is 0.316. The number of nitrogens with one attached hydrogen (secondary N) is 1. The highest BCUT2D eigenvalue weighted by molar-refractivity contribution is 7.89. The topological polar surface area (TPSA) is 66.5 Å². The molecule has 0 radical (unpaired) electrons. The zero-order valence-corrected chi connectivity index (χ0v) is 16.2. The van der Waals surface area contributed by atoms with Crippen molar-refractivity contribution in [3.05, 3.63) is 59.7 Å². The Labute approximate surface area is 169 Å².